The highest BCUT2D eigenvalue weighted by Gasteiger charge is 2.36. The van der Waals surface area contributed by atoms with E-state index in [2.05, 4.69) is 10.3 Å². The lowest BCUT2D eigenvalue weighted by Crippen LogP contribution is -2.46. The Labute approximate surface area is 168 Å². The molecule has 2 aliphatic heterocycles. The van der Waals surface area contributed by atoms with Crippen LogP contribution in [0.1, 0.15) is 19.3 Å². The first-order valence-corrected chi connectivity index (χ1v) is 9.90. The minimum Gasteiger partial charge on any atom is -0.382 e. The molecule has 29 heavy (non-hydrogen) atoms. The van der Waals surface area contributed by atoms with Crippen LogP contribution in [-0.4, -0.2) is 65.1 Å². The van der Waals surface area contributed by atoms with E-state index in [0.29, 0.717) is 18.6 Å². The molecule has 2 fully saturated rings. The zero-order chi connectivity index (χ0) is 20.4. The summed E-state index contributed by atoms with van der Waals surface area (Å²) in [4.78, 5) is 19.9. The normalized spacial score (nSPS) is 23.3. The number of carbonyl (C=O) groups is 1. The monoisotopic (exact) mass is 399 g/mol. The molecule has 2 atom stereocenters. The highest BCUT2D eigenvalue weighted by Crippen LogP contribution is 2.24. The Kier molecular flexibility index (Phi) is 5.58. The second-order valence-electron chi connectivity index (χ2n) is 7.75. The molecule has 0 radical (unpaired) electrons. The van der Waals surface area contributed by atoms with Gasteiger partial charge in [-0.05, 0) is 31.0 Å². The second kappa shape index (κ2) is 8.29. The van der Waals surface area contributed by atoms with Gasteiger partial charge in [-0.15, -0.1) is 0 Å². The summed E-state index contributed by atoms with van der Waals surface area (Å²) in [5, 5.41) is 13.2. The lowest BCUT2D eigenvalue weighted by molar-refractivity contribution is -0.132. The number of pyridine rings is 1. The Bertz CT molecular complexity index is 938. The van der Waals surface area contributed by atoms with E-state index in [1.807, 2.05) is 23.1 Å². The van der Waals surface area contributed by atoms with Crippen molar-refractivity contribution in [1.29, 1.82) is 5.26 Å². The summed E-state index contributed by atoms with van der Waals surface area (Å²) in [6, 6.07) is 8.51. The number of carbonyl (C=O) groups excluding carboxylic acids is 1. The number of halogens is 2. The van der Waals surface area contributed by atoms with Crippen LogP contribution < -0.4 is 5.32 Å². The molecule has 1 aromatic carbocycles. The van der Waals surface area contributed by atoms with Gasteiger partial charge in [0.05, 0.1) is 19.2 Å². The molecule has 152 valence electrons. The van der Waals surface area contributed by atoms with Crippen molar-refractivity contribution in [3.63, 3.8) is 0 Å². The minimum atomic E-state index is -1.11. The van der Waals surface area contributed by atoms with Crippen LogP contribution in [-0.2, 0) is 4.79 Å². The number of alkyl halides is 1. The Morgan fingerprint density at radius 3 is 2.90 bits per heavy atom. The number of anilines is 1. The summed E-state index contributed by atoms with van der Waals surface area (Å²) in [6.07, 6.45) is 2.19. The van der Waals surface area contributed by atoms with Crippen LogP contribution in [0.4, 0.5) is 14.5 Å². The van der Waals surface area contributed by atoms with Gasteiger partial charge in [-0.3, -0.25) is 14.7 Å². The van der Waals surface area contributed by atoms with Crippen LogP contribution in [0.3, 0.4) is 0 Å². The van der Waals surface area contributed by atoms with Gasteiger partial charge < -0.3 is 10.2 Å². The molecule has 0 aliphatic carbocycles. The van der Waals surface area contributed by atoms with Gasteiger partial charge in [-0.25, -0.2) is 8.78 Å². The number of hydrogen-bond acceptors (Lipinski definition) is 5. The molecule has 2 saturated heterocycles. The first-order chi connectivity index (χ1) is 14.0. The number of nitrogens with zero attached hydrogens (tertiary/aromatic N) is 4. The quantitative estimate of drug-likeness (QED) is 0.856. The maximum atomic E-state index is 14.2. The van der Waals surface area contributed by atoms with Crippen LogP contribution in [0, 0.1) is 17.1 Å². The fourth-order valence-electron chi connectivity index (χ4n) is 4.17. The zero-order valence-corrected chi connectivity index (χ0v) is 16.0. The van der Waals surface area contributed by atoms with Crippen LogP contribution >= 0.6 is 0 Å². The summed E-state index contributed by atoms with van der Waals surface area (Å²) in [5.74, 6) is -0.537. The van der Waals surface area contributed by atoms with Gasteiger partial charge in [-0.1, -0.05) is 6.07 Å². The van der Waals surface area contributed by atoms with Crippen LogP contribution in [0.5, 0.6) is 0 Å². The maximum Gasteiger partial charge on any atom is 0.237 e. The van der Waals surface area contributed by atoms with E-state index in [1.54, 1.807) is 12.3 Å². The number of rotatable bonds is 4. The summed E-state index contributed by atoms with van der Waals surface area (Å²) >= 11 is 0. The number of nitriles is 1. The molecule has 3 heterocycles. The van der Waals surface area contributed by atoms with Crippen molar-refractivity contribution in [3.8, 4) is 6.07 Å². The van der Waals surface area contributed by atoms with Crippen molar-refractivity contribution in [2.45, 2.75) is 37.5 Å². The molecule has 2 aromatic rings. The van der Waals surface area contributed by atoms with E-state index < -0.39 is 12.2 Å². The van der Waals surface area contributed by atoms with E-state index >= 15 is 0 Å². The summed E-state index contributed by atoms with van der Waals surface area (Å²) in [6.45, 7) is 1.64. The maximum absolute atomic E-state index is 14.2. The highest BCUT2D eigenvalue weighted by atomic mass is 19.1. The van der Waals surface area contributed by atoms with Gasteiger partial charge >= 0.3 is 0 Å². The molecule has 1 amide bonds. The number of aromatic nitrogens is 1. The number of amides is 1. The molecular weight excluding hydrogens is 376 g/mol. The first kappa shape index (κ1) is 19.5. The third kappa shape index (κ3) is 4.30. The lowest BCUT2D eigenvalue weighted by Gasteiger charge is -2.33. The van der Waals surface area contributed by atoms with Crippen LogP contribution in [0.2, 0.25) is 0 Å². The van der Waals surface area contributed by atoms with E-state index in [1.165, 1.54) is 11.0 Å². The van der Waals surface area contributed by atoms with Crippen molar-refractivity contribution in [1.82, 2.24) is 14.8 Å². The second-order valence-corrected chi connectivity index (χ2v) is 7.75. The summed E-state index contributed by atoms with van der Waals surface area (Å²) in [5.41, 5.74) is 1.08. The predicted molar refractivity (Wildman–Crippen MR) is 105 cm³/mol. The summed E-state index contributed by atoms with van der Waals surface area (Å²) < 4.78 is 27.8. The standard InChI is InChI=1S/C21H23F2N5O/c22-15-9-18(11-24)28(12-15)20(29)13-27-6-3-16(4-7-27)26-17-8-14-2-1-5-25-21(14)19(23)10-17/h1-2,5,8,10,15-16,18,26H,3-4,6-7,9,12-13H2/t15-,18-/m0/s1. The Hall–Kier alpha value is -2.79. The number of nitrogens with one attached hydrogen (secondary N) is 1. The minimum absolute atomic E-state index is 0.0114. The smallest absolute Gasteiger partial charge is 0.237 e. The average molecular weight is 399 g/mol. The van der Waals surface area contributed by atoms with Crippen molar-refractivity contribution in [2.75, 3.05) is 31.5 Å². The molecule has 2 aliphatic rings. The van der Waals surface area contributed by atoms with Gasteiger partial charge in [0.2, 0.25) is 5.91 Å². The van der Waals surface area contributed by atoms with E-state index in [-0.39, 0.29) is 37.3 Å². The number of piperidine rings is 1. The first-order valence-electron chi connectivity index (χ1n) is 9.90. The topological polar surface area (TPSA) is 72.3 Å². The molecule has 0 bridgehead atoms. The molecule has 0 unspecified atom stereocenters. The average Bonchev–Trinajstić information content (AvgIpc) is 3.10. The van der Waals surface area contributed by atoms with E-state index in [9.17, 15) is 13.6 Å². The van der Waals surface area contributed by atoms with E-state index in [4.69, 9.17) is 5.26 Å². The zero-order valence-electron chi connectivity index (χ0n) is 16.0. The number of benzene rings is 1. The van der Waals surface area contributed by atoms with E-state index in [0.717, 1.165) is 23.9 Å². The van der Waals surface area contributed by atoms with Gasteiger partial charge in [0, 0.05) is 42.8 Å². The molecule has 4 rings (SSSR count). The fourth-order valence-corrected chi connectivity index (χ4v) is 4.17. The highest BCUT2D eigenvalue weighted by molar-refractivity contribution is 5.83. The number of hydrogen-bond donors (Lipinski definition) is 1. The SMILES string of the molecule is N#C[C@@H]1C[C@H](F)CN1C(=O)CN1CCC(Nc2cc(F)c3ncccc3c2)CC1. The summed E-state index contributed by atoms with van der Waals surface area (Å²) in [7, 11) is 0. The van der Waals surface area contributed by atoms with Crippen molar-refractivity contribution < 1.29 is 13.6 Å². The predicted octanol–water partition coefficient (Wildman–Crippen LogP) is 2.71. The number of fused-ring (bicyclic) bond motifs is 1. The lowest BCUT2D eigenvalue weighted by atomic mass is 10.0. The third-order valence-electron chi connectivity index (χ3n) is 5.70. The largest absolute Gasteiger partial charge is 0.382 e. The third-order valence-corrected chi connectivity index (χ3v) is 5.70. The molecule has 0 saturated carbocycles. The van der Waals surface area contributed by atoms with Gasteiger partial charge in [0.25, 0.3) is 0 Å². The Morgan fingerprint density at radius 1 is 1.34 bits per heavy atom. The van der Waals surface area contributed by atoms with Crippen molar-refractivity contribution >= 4 is 22.5 Å². The fraction of sp³-hybridized carbons (Fsp3) is 0.476. The van der Waals surface area contributed by atoms with Gasteiger partial charge in [0.15, 0.2) is 5.82 Å². The molecule has 8 heteroatoms. The molecule has 6 nitrogen and oxygen atoms in total. The molecule has 0 spiro atoms. The van der Waals surface area contributed by atoms with Crippen molar-refractivity contribution in [2.24, 2.45) is 0 Å². The van der Waals surface area contributed by atoms with Crippen molar-refractivity contribution in [3.05, 3.63) is 36.3 Å². The van der Waals surface area contributed by atoms with Crippen LogP contribution in [0.15, 0.2) is 30.5 Å². The van der Waals surface area contributed by atoms with Gasteiger partial charge in [-0.2, -0.15) is 5.26 Å². The number of likely N-dealkylation sites (tertiary alicyclic amines) is 2. The molecule has 1 N–H and O–H groups in total. The van der Waals surface area contributed by atoms with Gasteiger partial charge in [0.1, 0.15) is 17.7 Å². The van der Waals surface area contributed by atoms with Crippen LogP contribution in [0.25, 0.3) is 10.9 Å². The Balaban J connectivity index is 1.31. The molecule has 1 aromatic heterocycles. The molecular formula is C21H23F2N5O. The Morgan fingerprint density at radius 2 is 2.14 bits per heavy atom.